The van der Waals surface area contributed by atoms with Crippen LogP contribution in [0.25, 0.3) is 0 Å². The molecule has 5 heteroatoms. The number of hydrogen-bond acceptors (Lipinski definition) is 2. The van der Waals surface area contributed by atoms with Crippen molar-refractivity contribution in [2.75, 3.05) is 7.05 Å². The molecule has 1 unspecified atom stereocenters. The van der Waals surface area contributed by atoms with E-state index in [1.807, 2.05) is 31.3 Å². The van der Waals surface area contributed by atoms with Crippen molar-refractivity contribution in [1.29, 1.82) is 0 Å². The fraction of sp³-hybridized carbons (Fsp3) is 0.200. The van der Waals surface area contributed by atoms with Gasteiger partial charge in [0.05, 0.1) is 15.1 Å². The molecule has 0 bridgehead atoms. The minimum Gasteiger partial charge on any atom is -0.313 e. The number of nitrogens with one attached hydrogen (secondary N) is 1. The van der Waals surface area contributed by atoms with Gasteiger partial charge in [-0.15, -0.1) is 0 Å². The Morgan fingerprint density at radius 2 is 1.70 bits per heavy atom. The molecule has 2 rings (SSSR count). The summed E-state index contributed by atoms with van der Waals surface area (Å²) in [6.07, 6.45) is 0. The highest BCUT2D eigenvalue weighted by Crippen LogP contribution is 2.37. The van der Waals surface area contributed by atoms with E-state index in [4.69, 9.17) is 34.8 Å². The first-order valence-electron chi connectivity index (χ1n) is 6.11. The maximum atomic E-state index is 6.34. The lowest BCUT2D eigenvalue weighted by Crippen LogP contribution is -2.12. The summed E-state index contributed by atoms with van der Waals surface area (Å²) in [6, 6.07) is 11.9. The molecular formula is C15H14Cl3NS. The number of rotatable bonds is 4. The summed E-state index contributed by atoms with van der Waals surface area (Å²) in [5.41, 5.74) is 1.16. The smallest absolute Gasteiger partial charge is 0.0603 e. The average Bonchev–Trinajstić information content (AvgIpc) is 2.44. The maximum absolute atomic E-state index is 6.34. The van der Waals surface area contributed by atoms with Crippen LogP contribution in [0.5, 0.6) is 0 Å². The molecule has 2 aromatic rings. The zero-order valence-corrected chi connectivity index (χ0v) is 14.2. The van der Waals surface area contributed by atoms with E-state index < -0.39 is 0 Å². The van der Waals surface area contributed by atoms with Gasteiger partial charge in [0, 0.05) is 15.8 Å². The molecule has 0 aliphatic heterocycles. The van der Waals surface area contributed by atoms with Gasteiger partial charge in [-0.25, -0.2) is 0 Å². The van der Waals surface area contributed by atoms with Crippen LogP contribution in [0.3, 0.4) is 0 Å². The molecule has 1 nitrogen and oxygen atoms in total. The molecule has 0 aliphatic rings. The Hall–Kier alpha value is -0.380. The van der Waals surface area contributed by atoms with Crippen molar-refractivity contribution < 1.29 is 0 Å². The van der Waals surface area contributed by atoms with Crippen molar-refractivity contribution in [1.82, 2.24) is 5.32 Å². The Labute approximate surface area is 138 Å². The molecule has 0 saturated heterocycles. The van der Waals surface area contributed by atoms with Crippen LogP contribution in [0.15, 0.2) is 46.2 Å². The molecule has 1 atom stereocenters. The van der Waals surface area contributed by atoms with Gasteiger partial charge in [-0.3, -0.25) is 0 Å². The molecule has 0 heterocycles. The third-order valence-corrected chi connectivity index (χ3v) is 5.24. The van der Waals surface area contributed by atoms with Crippen LogP contribution in [-0.4, -0.2) is 7.05 Å². The van der Waals surface area contributed by atoms with Gasteiger partial charge in [-0.05, 0) is 49.9 Å². The van der Waals surface area contributed by atoms with Gasteiger partial charge in [-0.1, -0.05) is 52.6 Å². The van der Waals surface area contributed by atoms with E-state index in [-0.39, 0.29) is 6.04 Å². The second kappa shape index (κ2) is 7.06. The van der Waals surface area contributed by atoms with E-state index in [0.717, 1.165) is 20.4 Å². The zero-order valence-electron chi connectivity index (χ0n) is 11.1. The number of hydrogen-bond donors (Lipinski definition) is 1. The summed E-state index contributed by atoms with van der Waals surface area (Å²) in [7, 11) is 1.93. The van der Waals surface area contributed by atoms with Crippen LogP contribution < -0.4 is 5.32 Å². The SMILES string of the molecule is CNC(C)c1ccc(Sc2ccc(Cl)c(Cl)c2)c(Cl)c1. The van der Waals surface area contributed by atoms with Gasteiger partial charge in [0.15, 0.2) is 0 Å². The van der Waals surface area contributed by atoms with E-state index in [0.29, 0.717) is 10.0 Å². The van der Waals surface area contributed by atoms with Gasteiger partial charge in [0.1, 0.15) is 0 Å². The third kappa shape index (κ3) is 3.84. The molecule has 2 aromatic carbocycles. The Morgan fingerprint density at radius 1 is 0.950 bits per heavy atom. The first kappa shape index (κ1) is 16.0. The van der Waals surface area contributed by atoms with Gasteiger partial charge in [-0.2, -0.15) is 0 Å². The van der Waals surface area contributed by atoms with Crippen molar-refractivity contribution in [3.63, 3.8) is 0 Å². The standard InChI is InChI=1S/C15H14Cl3NS/c1-9(19-2)10-3-6-15(14(18)7-10)20-11-4-5-12(16)13(17)8-11/h3-9,19H,1-2H3. The van der Waals surface area contributed by atoms with Gasteiger partial charge < -0.3 is 5.32 Å². The van der Waals surface area contributed by atoms with Crippen molar-refractivity contribution in [2.24, 2.45) is 0 Å². The first-order chi connectivity index (χ1) is 9.51. The predicted octanol–water partition coefficient (Wildman–Crippen LogP) is 6.08. The van der Waals surface area contributed by atoms with E-state index in [9.17, 15) is 0 Å². The monoisotopic (exact) mass is 345 g/mol. The molecule has 20 heavy (non-hydrogen) atoms. The summed E-state index contributed by atoms with van der Waals surface area (Å²) >= 11 is 19.8. The Kier molecular flexibility index (Phi) is 5.65. The van der Waals surface area contributed by atoms with Crippen LogP contribution in [0.1, 0.15) is 18.5 Å². The highest BCUT2D eigenvalue weighted by molar-refractivity contribution is 7.99. The average molecular weight is 347 g/mol. The van der Waals surface area contributed by atoms with Crippen LogP contribution in [0.4, 0.5) is 0 Å². The summed E-state index contributed by atoms with van der Waals surface area (Å²) in [5, 5.41) is 5.04. The molecule has 0 radical (unpaired) electrons. The molecule has 0 spiro atoms. The fourth-order valence-corrected chi connectivity index (χ4v) is 3.23. The molecular weight excluding hydrogens is 333 g/mol. The van der Waals surface area contributed by atoms with E-state index in [1.165, 1.54) is 0 Å². The highest BCUT2D eigenvalue weighted by Gasteiger charge is 2.08. The summed E-state index contributed by atoms with van der Waals surface area (Å²) in [4.78, 5) is 2.01. The maximum Gasteiger partial charge on any atom is 0.0603 e. The molecule has 106 valence electrons. The van der Waals surface area contributed by atoms with Gasteiger partial charge in [0.2, 0.25) is 0 Å². The third-order valence-electron chi connectivity index (χ3n) is 3.01. The van der Waals surface area contributed by atoms with Crippen molar-refractivity contribution >= 4 is 46.6 Å². The van der Waals surface area contributed by atoms with Crippen molar-refractivity contribution in [3.05, 3.63) is 57.0 Å². The molecule has 0 aromatic heterocycles. The molecule has 0 saturated carbocycles. The normalized spacial score (nSPS) is 12.4. The summed E-state index contributed by atoms with van der Waals surface area (Å²) in [6.45, 7) is 2.09. The fourth-order valence-electron chi connectivity index (χ4n) is 1.70. The first-order valence-corrected chi connectivity index (χ1v) is 8.06. The lowest BCUT2D eigenvalue weighted by atomic mass is 10.1. The van der Waals surface area contributed by atoms with E-state index in [2.05, 4.69) is 18.3 Å². The van der Waals surface area contributed by atoms with Crippen LogP contribution in [-0.2, 0) is 0 Å². The van der Waals surface area contributed by atoms with Crippen LogP contribution in [0, 0.1) is 0 Å². The quantitative estimate of drug-likeness (QED) is 0.720. The molecule has 1 N–H and O–H groups in total. The van der Waals surface area contributed by atoms with Crippen molar-refractivity contribution in [3.8, 4) is 0 Å². The second-order valence-electron chi connectivity index (χ2n) is 4.38. The second-order valence-corrected chi connectivity index (χ2v) is 6.72. The minimum atomic E-state index is 0.275. The molecule has 0 aliphatic carbocycles. The Balaban J connectivity index is 2.23. The summed E-state index contributed by atoms with van der Waals surface area (Å²) in [5.74, 6) is 0. The number of benzene rings is 2. The van der Waals surface area contributed by atoms with E-state index in [1.54, 1.807) is 17.8 Å². The number of halogens is 3. The lowest BCUT2D eigenvalue weighted by molar-refractivity contribution is 0.652. The zero-order chi connectivity index (χ0) is 14.7. The lowest BCUT2D eigenvalue weighted by Gasteiger charge is -2.12. The van der Waals surface area contributed by atoms with Crippen molar-refractivity contribution in [2.45, 2.75) is 22.8 Å². The molecule has 0 fully saturated rings. The molecule has 0 amide bonds. The predicted molar refractivity (Wildman–Crippen MR) is 89.5 cm³/mol. The minimum absolute atomic E-state index is 0.275. The van der Waals surface area contributed by atoms with Crippen LogP contribution in [0.2, 0.25) is 15.1 Å². The largest absolute Gasteiger partial charge is 0.313 e. The van der Waals surface area contributed by atoms with Gasteiger partial charge >= 0.3 is 0 Å². The Bertz CT molecular complexity index is 616. The topological polar surface area (TPSA) is 12.0 Å². The van der Waals surface area contributed by atoms with Gasteiger partial charge in [0.25, 0.3) is 0 Å². The highest BCUT2D eigenvalue weighted by atomic mass is 35.5. The van der Waals surface area contributed by atoms with E-state index >= 15 is 0 Å². The van der Waals surface area contributed by atoms with Crippen LogP contribution >= 0.6 is 46.6 Å². The Morgan fingerprint density at radius 3 is 2.30 bits per heavy atom. The summed E-state index contributed by atoms with van der Waals surface area (Å²) < 4.78 is 0.